The number of hydrogen-bond donors (Lipinski definition) is 2. The third-order valence-corrected chi connectivity index (χ3v) is 2.89. The number of aromatic amines is 1. The molecule has 0 atom stereocenters. The number of hydrogen-bond acceptors (Lipinski definition) is 1. The van der Waals surface area contributed by atoms with Gasteiger partial charge in [-0.2, -0.15) is 0 Å². The van der Waals surface area contributed by atoms with E-state index in [1.54, 1.807) is 0 Å². The first kappa shape index (κ1) is 8.06. The Kier molecular flexibility index (Phi) is 1.81. The first-order valence-corrected chi connectivity index (χ1v) is 5.16. The van der Waals surface area contributed by atoms with E-state index in [1.807, 2.05) is 12.1 Å². The zero-order chi connectivity index (χ0) is 9.38. The van der Waals surface area contributed by atoms with Crippen LogP contribution in [0.4, 0.5) is 0 Å². The summed E-state index contributed by atoms with van der Waals surface area (Å²) in [7, 11) is 0. The molecule has 0 unspecified atom stereocenters. The predicted octanol–water partition coefficient (Wildman–Crippen LogP) is 2.00. The SMILES string of the molecule is [c]1cccc2[nH]c3c(c12)CNCCC3. The van der Waals surface area contributed by atoms with Gasteiger partial charge in [-0.1, -0.05) is 12.1 Å². The molecule has 0 saturated carbocycles. The van der Waals surface area contributed by atoms with Crippen LogP contribution >= 0.6 is 0 Å². The van der Waals surface area contributed by atoms with Gasteiger partial charge in [-0.15, -0.1) is 0 Å². The van der Waals surface area contributed by atoms with E-state index >= 15 is 0 Å². The molecule has 2 aromatic rings. The minimum atomic E-state index is 0.982. The van der Waals surface area contributed by atoms with Crippen molar-refractivity contribution in [3.63, 3.8) is 0 Å². The molecule has 1 radical (unpaired) electrons. The van der Waals surface area contributed by atoms with E-state index in [0.717, 1.165) is 19.5 Å². The van der Waals surface area contributed by atoms with Crippen LogP contribution in [0.3, 0.4) is 0 Å². The Balaban J connectivity index is 2.24. The minimum absolute atomic E-state index is 0.982. The van der Waals surface area contributed by atoms with Gasteiger partial charge in [-0.05, 0) is 37.1 Å². The number of fused-ring (bicyclic) bond motifs is 3. The normalized spacial score (nSPS) is 16.6. The Morgan fingerprint density at radius 1 is 1.36 bits per heavy atom. The van der Waals surface area contributed by atoms with Crippen LogP contribution in [0.2, 0.25) is 0 Å². The van der Waals surface area contributed by atoms with Crippen LogP contribution < -0.4 is 5.32 Å². The van der Waals surface area contributed by atoms with Gasteiger partial charge in [0.25, 0.3) is 0 Å². The molecule has 0 amide bonds. The smallest absolute Gasteiger partial charge is 0.0465 e. The van der Waals surface area contributed by atoms with Crippen LogP contribution in [0.25, 0.3) is 10.9 Å². The molecule has 71 valence electrons. The van der Waals surface area contributed by atoms with E-state index in [2.05, 4.69) is 22.4 Å². The lowest BCUT2D eigenvalue weighted by Gasteiger charge is -1.98. The lowest BCUT2D eigenvalue weighted by molar-refractivity contribution is 0.680. The molecule has 1 aromatic heterocycles. The standard InChI is InChI=1S/C12H13N2/c1-2-5-11-9(4-1)10-8-13-7-3-6-12(10)14-11/h1-2,5,13-14H,3,6-8H2. The highest BCUT2D eigenvalue weighted by atomic mass is 14.9. The summed E-state index contributed by atoms with van der Waals surface area (Å²) in [5.41, 5.74) is 4.03. The Hall–Kier alpha value is -1.28. The summed E-state index contributed by atoms with van der Waals surface area (Å²) in [5, 5.41) is 4.70. The van der Waals surface area contributed by atoms with Crippen LogP contribution in [0.5, 0.6) is 0 Å². The van der Waals surface area contributed by atoms with Gasteiger partial charge in [-0.3, -0.25) is 0 Å². The van der Waals surface area contributed by atoms with Crippen molar-refractivity contribution in [3.05, 3.63) is 35.5 Å². The fraction of sp³-hybridized carbons (Fsp3) is 0.333. The third kappa shape index (κ3) is 1.15. The summed E-state index contributed by atoms with van der Waals surface area (Å²) in [6, 6.07) is 9.46. The minimum Gasteiger partial charge on any atom is -0.358 e. The molecule has 2 nitrogen and oxygen atoms in total. The first-order valence-electron chi connectivity index (χ1n) is 5.16. The van der Waals surface area contributed by atoms with Gasteiger partial charge in [0.2, 0.25) is 0 Å². The Morgan fingerprint density at radius 3 is 3.36 bits per heavy atom. The summed E-state index contributed by atoms with van der Waals surface area (Å²) in [6.07, 6.45) is 2.38. The maximum Gasteiger partial charge on any atom is 0.0465 e. The molecule has 2 N–H and O–H groups in total. The largest absolute Gasteiger partial charge is 0.358 e. The molecule has 0 fully saturated rings. The number of nitrogens with one attached hydrogen (secondary N) is 2. The van der Waals surface area contributed by atoms with Crippen molar-refractivity contribution in [1.82, 2.24) is 10.3 Å². The molecule has 1 aliphatic rings. The summed E-state index contributed by atoms with van der Waals surface area (Å²) >= 11 is 0. The molecule has 14 heavy (non-hydrogen) atoms. The maximum atomic E-state index is 3.48. The van der Waals surface area contributed by atoms with Gasteiger partial charge in [0.1, 0.15) is 0 Å². The van der Waals surface area contributed by atoms with Crippen molar-refractivity contribution in [2.75, 3.05) is 6.54 Å². The van der Waals surface area contributed by atoms with Crippen LogP contribution in [-0.4, -0.2) is 11.5 Å². The van der Waals surface area contributed by atoms with Crippen LogP contribution in [0.15, 0.2) is 18.2 Å². The maximum absolute atomic E-state index is 3.48. The van der Waals surface area contributed by atoms with Gasteiger partial charge in [0.05, 0.1) is 0 Å². The van der Waals surface area contributed by atoms with Gasteiger partial charge in [0, 0.05) is 23.1 Å². The van der Waals surface area contributed by atoms with Crippen LogP contribution in [0, 0.1) is 6.07 Å². The molecule has 0 saturated heterocycles. The first-order chi connectivity index (χ1) is 6.95. The monoisotopic (exact) mass is 185 g/mol. The van der Waals surface area contributed by atoms with Crippen LogP contribution in [-0.2, 0) is 13.0 Å². The van der Waals surface area contributed by atoms with Gasteiger partial charge < -0.3 is 10.3 Å². The number of H-pyrrole nitrogens is 1. The van der Waals surface area contributed by atoms with E-state index in [0.29, 0.717) is 0 Å². The zero-order valence-corrected chi connectivity index (χ0v) is 8.06. The van der Waals surface area contributed by atoms with E-state index in [-0.39, 0.29) is 0 Å². The van der Waals surface area contributed by atoms with E-state index < -0.39 is 0 Å². The Morgan fingerprint density at radius 2 is 2.36 bits per heavy atom. The highest BCUT2D eigenvalue weighted by Gasteiger charge is 2.12. The average molecular weight is 185 g/mol. The van der Waals surface area contributed by atoms with Crippen molar-refractivity contribution in [2.45, 2.75) is 19.4 Å². The van der Waals surface area contributed by atoms with E-state index in [1.165, 1.54) is 28.6 Å². The molecule has 0 spiro atoms. The molecule has 2 heterocycles. The summed E-state index contributed by atoms with van der Waals surface area (Å²) in [6.45, 7) is 2.10. The number of aryl methyl sites for hydroxylation is 1. The highest BCUT2D eigenvalue weighted by molar-refractivity contribution is 5.84. The quantitative estimate of drug-likeness (QED) is 0.645. The second-order valence-corrected chi connectivity index (χ2v) is 3.82. The van der Waals surface area contributed by atoms with Crippen molar-refractivity contribution in [2.24, 2.45) is 0 Å². The second-order valence-electron chi connectivity index (χ2n) is 3.82. The topological polar surface area (TPSA) is 27.8 Å². The Labute approximate surface area is 83.3 Å². The molecular formula is C12H13N2. The summed E-state index contributed by atoms with van der Waals surface area (Å²) in [5.74, 6) is 0. The molecule has 0 bridgehead atoms. The van der Waals surface area contributed by atoms with Crippen molar-refractivity contribution in [3.8, 4) is 0 Å². The van der Waals surface area contributed by atoms with Crippen molar-refractivity contribution >= 4 is 10.9 Å². The molecule has 1 aromatic carbocycles. The summed E-state index contributed by atoms with van der Waals surface area (Å²) < 4.78 is 0. The lowest BCUT2D eigenvalue weighted by atomic mass is 10.1. The Bertz CT molecular complexity index is 456. The van der Waals surface area contributed by atoms with Crippen molar-refractivity contribution in [1.29, 1.82) is 0 Å². The van der Waals surface area contributed by atoms with Gasteiger partial charge in [-0.25, -0.2) is 0 Å². The molecule has 2 heteroatoms. The third-order valence-electron chi connectivity index (χ3n) is 2.89. The predicted molar refractivity (Wildman–Crippen MR) is 57.2 cm³/mol. The molecule has 1 aliphatic heterocycles. The van der Waals surface area contributed by atoms with Crippen LogP contribution in [0.1, 0.15) is 17.7 Å². The fourth-order valence-corrected chi connectivity index (χ4v) is 2.19. The van der Waals surface area contributed by atoms with Gasteiger partial charge in [0.15, 0.2) is 0 Å². The fourth-order valence-electron chi connectivity index (χ4n) is 2.19. The second kappa shape index (κ2) is 3.14. The molecule has 3 rings (SSSR count). The molecular weight excluding hydrogens is 172 g/mol. The highest BCUT2D eigenvalue weighted by Crippen LogP contribution is 2.23. The van der Waals surface area contributed by atoms with Gasteiger partial charge >= 0.3 is 0 Å². The number of rotatable bonds is 0. The van der Waals surface area contributed by atoms with Crippen molar-refractivity contribution < 1.29 is 0 Å². The number of aromatic nitrogens is 1. The van der Waals surface area contributed by atoms with E-state index in [4.69, 9.17) is 0 Å². The lowest BCUT2D eigenvalue weighted by Crippen LogP contribution is -2.11. The van der Waals surface area contributed by atoms with E-state index in [9.17, 15) is 0 Å². The number of benzene rings is 1. The zero-order valence-electron chi connectivity index (χ0n) is 8.06. The molecule has 0 aliphatic carbocycles. The summed E-state index contributed by atoms with van der Waals surface area (Å²) in [4.78, 5) is 3.48. The average Bonchev–Trinajstić information content (AvgIpc) is 2.42.